The second-order valence-electron chi connectivity index (χ2n) is 4.74. The third-order valence-electron chi connectivity index (χ3n) is 3.31. The third-order valence-corrected chi connectivity index (χ3v) is 4.66. The third kappa shape index (κ3) is 2.31. The number of fused-ring (bicyclic) bond motifs is 1. The van der Waals surface area contributed by atoms with Crippen LogP contribution < -0.4 is 4.72 Å². The molecule has 0 saturated heterocycles. The molecule has 0 unspecified atom stereocenters. The van der Waals surface area contributed by atoms with Crippen molar-refractivity contribution in [2.24, 2.45) is 7.05 Å². The molecule has 2 aromatic rings. The van der Waals surface area contributed by atoms with E-state index in [0.29, 0.717) is 0 Å². The van der Waals surface area contributed by atoms with E-state index >= 15 is 0 Å². The average Bonchev–Trinajstić information content (AvgIpc) is 2.97. The minimum Gasteiger partial charge on any atom is -0.469 e. The largest absolute Gasteiger partial charge is 0.469 e. The molecule has 102 valence electrons. The number of nitrogens with one attached hydrogen (secondary N) is 1. The van der Waals surface area contributed by atoms with Gasteiger partial charge in [0.05, 0.1) is 18.6 Å². The van der Waals surface area contributed by atoms with E-state index in [0.717, 1.165) is 30.6 Å². The average molecular weight is 281 g/mol. The van der Waals surface area contributed by atoms with Gasteiger partial charge in [0.1, 0.15) is 5.76 Å². The molecule has 0 saturated carbocycles. The SMILES string of the molecule is Cn1cnc(S(=O)(=O)N[C@H]2CCCc3occc32)c1. The molecule has 0 fully saturated rings. The van der Waals surface area contributed by atoms with Crippen LogP contribution in [0.15, 0.2) is 34.3 Å². The van der Waals surface area contributed by atoms with Crippen LogP contribution in [0.25, 0.3) is 0 Å². The molecule has 0 radical (unpaired) electrons. The predicted molar refractivity (Wildman–Crippen MR) is 67.9 cm³/mol. The topological polar surface area (TPSA) is 77.1 Å². The van der Waals surface area contributed by atoms with Gasteiger partial charge in [-0.15, -0.1) is 0 Å². The number of rotatable bonds is 3. The molecular weight excluding hydrogens is 266 g/mol. The number of hydrogen-bond acceptors (Lipinski definition) is 4. The molecule has 7 heteroatoms. The van der Waals surface area contributed by atoms with Gasteiger partial charge in [0, 0.05) is 25.2 Å². The summed E-state index contributed by atoms with van der Waals surface area (Å²) in [5.41, 5.74) is 0.936. The Morgan fingerprint density at radius 1 is 1.53 bits per heavy atom. The van der Waals surface area contributed by atoms with Crippen molar-refractivity contribution in [3.05, 3.63) is 36.2 Å². The first-order chi connectivity index (χ1) is 9.06. The normalized spacial score (nSPS) is 19.3. The Balaban J connectivity index is 1.87. The second kappa shape index (κ2) is 4.50. The molecule has 1 aliphatic carbocycles. The molecule has 2 aromatic heterocycles. The minimum atomic E-state index is -3.58. The lowest BCUT2D eigenvalue weighted by Crippen LogP contribution is -2.30. The zero-order valence-electron chi connectivity index (χ0n) is 10.5. The molecule has 1 atom stereocenters. The summed E-state index contributed by atoms with van der Waals surface area (Å²) in [6, 6.07) is 1.61. The van der Waals surface area contributed by atoms with Gasteiger partial charge in [0.25, 0.3) is 10.0 Å². The summed E-state index contributed by atoms with van der Waals surface area (Å²) in [4.78, 5) is 3.89. The molecule has 1 N–H and O–H groups in total. The van der Waals surface area contributed by atoms with Crippen LogP contribution in [0.4, 0.5) is 0 Å². The van der Waals surface area contributed by atoms with Crippen molar-refractivity contribution in [2.75, 3.05) is 0 Å². The molecule has 0 aromatic carbocycles. The van der Waals surface area contributed by atoms with Crippen molar-refractivity contribution in [1.29, 1.82) is 0 Å². The number of aromatic nitrogens is 2. The summed E-state index contributed by atoms with van der Waals surface area (Å²) in [6.07, 6.45) is 7.12. The summed E-state index contributed by atoms with van der Waals surface area (Å²) in [5.74, 6) is 0.875. The Morgan fingerprint density at radius 3 is 3.11 bits per heavy atom. The first-order valence-electron chi connectivity index (χ1n) is 6.13. The molecule has 0 spiro atoms. The van der Waals surface area contributed by atoms with Crippen molar-refractivity contribution in [2.45, 2.75) is 30.3 Å². The minimum absolute atomic E-state index is 0.0469. The number of imidazole rings is 1. The monoisotopic (exact) mass is 281 g/mol. The van der Waals surface area contributed by atoms with Gasteiger partial charge in [0.15, 0.2) is 5.03 Å². The Bertz CT molecular complexity index is 687. The fraction of sp³-hybridized carbons (Fsp3) is 0.417. The molecule has 2 heterocycles. The lowest BCUT2D eigenvalue weighted by molar-refractivity contribution is 0.438. The van der Waals surface area contributed by atoms with E-state index in [9.17, 15) is 8.42 Å². The first kappa shape index (κ1) is 12.4. The molecule has 6 nitrogen and oxygen atoms in total. The first-order valence-corrected chi connectivity index (χ1v) is 7.61. The van der Waals surface area contributed by atoms with Gasteiger partial charge in [-0.3, -0.25) is 0 Å². The predicted octanol–water partition coefficient (Wildman–Crippen LogP) is 1.37. The summed E-state index contributed by atoms with van der Waals surface area (Å²) >= 11 is 0. The van der Waals surface area contributed by atoms with E-state index in [2.05, 4.69) is 9.71 Å². The van der Waals surface area contributed by atoms with Crippen LogP contribution in [0.5, 0.6) is 0 Å². The number of hydrogen-bond donors (Lipinski definition) is 1. The van der Waals surface area contributed by atoms with Crippen molar-refractivity contribution >= 4 is 10.0 Å². The van der Waals surface area contributed by atoms with Gasteiger partial charge >= 0.3 is 0 Å². The second-order valence-corrected chi connectivity index (χ2v) is 6.40. The van der Waals surface area contributed by atoms with E-state index in [4.69, 9.17) is 4.42 Å². The smallest absolute Gasteiger partial charge is 0.260 e. The van der Waals surface area contributed by atoms with Gasteiger partial charge < -0.3 is 8.98 Å². The van der Waals surface area contributed by atoms with Gasteiger partial charge in [-0.1, -0.05) is 0 Å². The maximum Gasteiger partial charge on any atom is 0.260 e. The van der Waals surface area contributed by atoms with Crippen molar-refractivity contribution in [3.8, 4) is 0 Å². The fourth-order valence-electron chi connectivity index (χ4n) is 2.38. The number of sulfonamides is 1. The molecule has 0 aliphatic heterocycles. The maximum absolute atomic E-state index is 12.2. The molecule has 0 bridgehead atoms. The summed E-state index contributed by atoms with van der Waals surface area (Å²) in [5, 5.41) is 0.0469. The molecule has 19 heavy (non-hydrogen) atoms. The highest BCUT2D eigenvalue weighted by Crippen LogP contribution is 2.31. The van der Waals surface area contributed by atoms with Crippen molar-refractivity contribution < 1.29 is 12.8 Å². The zero-order chi connectivity index (χ0) is 13.5. The Morgan fingerprint density at radius 2 is 2.37 bits per heavy atom. The lowest BCUT2D eigenvalue weighted by atomic mass is 9.94. The van der Waals surface area contributed by atoms with Gasteiger partial charge in [-0.25, -0.2) is 18.1 Å². The standard InChI is InChI=1S/C12H15N3O3S/c1-15-7-12(13-8-15)19(16,17)14-10-3-2-4-11-9(10)5-6-18-11/h5-8,10,14H,2-4H2,1H3/t10-/m0/s1. The fourth-order valence-corrected chi connectivity index (χ4v) is 3.62. The van der Waals surface area contributed by atoms with E-state index in [1.165, 1.54) is 12.5 Å². The quantitative estimate of drug-likeness (QED) is 0.921. The highest BCUT2D eigenvalue weighted by molar-refractivity contribution is 7.89. The number of furan rings is 1. The summed E-state index contributed by atoms with van der Waals surface area (Å²) in [7, 11) is -1.85. The highest BCUT2D eigenvalue weighted by atomic mass is 32.2. The molecule has 0 amide bonds. The Labute approximate surface area is 111 Å². The summed E-state index contributed by atoms with van der Waals surface area (Å²) in [6.45, 7) is 0. The maximum atomic E-state index is 12.2. The van der Waals surface area contributed by atoms with E-state index in [1.807, 2.05) is 6.07 Å². The van der Waals surface area contributed by atoms with E-state index in [-0.39, 0.29) is 11.1 Å². The lowest BCUT2D eigenvalue weighted by Gasteiger charge is -2.21. The molecule has 1 aliphatic rings. The van der Waals surface area contributed by atoms with Crippen LogP contribution in [0.3, 0.4) is 0 Å². The molecular formula is C12H15N3O3S. The van der Waals surface area contributed by atoms with E-state index < -0.39 is 10.0 Å². The van der Waals surface area contributed by atoms with E-state index in [1.54, 1.807) is 17.9 Å². The van der Waals surface area contributed by atoms with Gasteiger partial charge in [-0.2, -0.15) is 0 Å². The van der Waals surface area contributed by atoms with Gasteiger partial charge in [0.2, 0.25) is 0 Å². The Kier molecular flexibility index (Phi) is 2.94. The van der Waals surface area contributed by atoms with Crippen molar-refractivity contribution in [3.63, 3.8) is 0 Å². The van der Waals surface area contributed by atoms with Crippen LogP contribution in [0.2, 0.25) is 0 Å². The highest BCUT2D eigenvalue weighted by Gasteiger charge is 2.28. The van der Waals surface area contributed by atoms with Crippen molar-refractivity contribution in [1.82, 2.24) is 14.3 Å². The van der Waals surface area contributed by atoms with Crippen LogP contribution in [0, 0.1) is 0 Å². The van der Waals surface area contributed by atoms with Crippen LogP contribution in [0.1, 0.15) is 30.2 Å². The summed E-state index contributed by atoms with van der Waals surface area (Å²) < 4.78 is 34.1. The van der Waals surface area contributed by atoms with Crippen LogP contribution >= 0.6 is 0 Å². The van der Waals surface area contributed by atoms with Gasteiger partial charge in [-0.05, 0) is 18.9 Å². The van der Waals surface area contributed by atoms with Crippen LogP contribution in [-0.2, 0) is 23.5 Å². The number of aryl methyl sites for hydroxylation is 2. The zero-order valence-corrected chi connectivity index (χ0v) is 11.4. The Hall–Kier alpha value is -1.60. The number of nitrogens with zero attached hydrogens (tertiary/aromatic N) is 2. The van der Waals surface area contributed by atoms with Crippen LogP contribution in [-0.4, -0.2) is 18.0 Å². The molecule has 3 rings (SSSR count).